The van der Waals surface area contributed by atoms with Crippen LogP contribution in [0.5, 0.6) is 0 Å². The van der Waals surface area contributed by atoms with Crippen molar-refractivity contribution in [3.63, 3.8) is 0 Å². The smallest absolute Gasteiger partial charge is 0.326 e. The van der Waals surface area contributed by atoms with Crippen LogP contribution in [-0.2, 0) is 14.3 Å². The molecule has 0 aromatic heterocycles. The number of ether oxygens (including phenoxy) is 1. The van der Waals surface area contributed by atoms with Crippen LogP contribution in [0.4, 0.5) is 0 Å². The summed E-state index contributed by atoms with van der Waals surface area (Å²) in [6.07, 6.45) is 3.95. The summed E-state index contributed by atoms with van der Waals surface area (Å²) in [5, 5.41) is 12.0. The molecule has 0 bridgehead atoms. The lowest BCUT2D eigenvalue weighted by Gasteiger charge is -2.38. The molecule has 1 rings (SSSR count). The van der Waals surface area contributed by atoms with Crippen molar-refractivity contribution in [2.45, 2.75) is 85.3 Å². The van der Waals surface area contributed by atoms with Gasteiger partial charge in [-0.15, -0.1) is 0 Å². The van der Waals surface area contributed by atoms with E-state index in [0.717, 1.165) is 12.8 Å². The molecular weight excluding hydrogens is 306 g/mol. The van der Waals surface area contributed by atoms with Crippen LogP contribution >= 0.6 is 0 Å². The summed E-state index contributed by atoms with van der Waals surface area (Å²) in [4.78, 5) is 23.7. The fourth-order valence-electron chi connectivity index (χ4n) is 3.96. The fourth-order valence-corrected chi connectivity index (χ4v) is 3.96. The van der Waals surface area contributed by atoms with Crippen molar-refractivity contribution in [1.82, 2.24) is 5.32 Å². The Kier molecular flexibility index (Phi) is 7.26. The lowest BCUT2D eigenvalue weighted by Crippen LogP contribution is -2.43. The molecule has 0 aromatic rings. The van der Waals surface area contributed by atoms with E-state index in [2.05, 4.69) is 26.1 Å². The van der Waals surface area contributed by atoms with Gasteiger partial charge in [-0.2, -0.15) is 0 Å². The third kappa shape index (κ3) is 8.13. The average Bonchev–Trinajstić information content (AvgIpc) is 2.32. The molecule has 5 heteroatoms. The number of carbonyl (C=O) groups is 2. The topological polar surface area (TPSA) is 75.6 Å². The van der Waals surface area contributed by atoms with Gasteiger partial charge >= 0.3 is 5.97 Å². The first-order valence-corrected chi connectivity index (χ1v) is 9.04. The molecule has 1 saturated carbocycles. The summed E-state index contributed by atoms with van der Waals surface area (Å²) >= 11 is 0. The molecule has 24 heavy (non-hydrogen) atoms. The number of carboxylic acids is 1. The van der Waals surface area contributed by atoms with E-state index in [-0.39, 0.29) is 23.3 Å². The third-order valence-corrected chi connectivity index (χ3v) is 4.53. The van der Waals surface area contributed by atoms with Gasteiger partial charge in [0.15, 0.2) is 0 Å². The number of hydrogen-bond donors (Lipinski definition) is 2. The number of carbonyl (C=O) groups excluding carboxylic acids is 1. The molecule has 0 radical (unpaired) electrons. The zero-order valence-electron chi connectivity index (χ0n) is 16.1. The van der Waals surface area contributed by atoms with Gasteiger partial charge in [-0.05, 0) is 57.3 Å². The molecule has 5 nitrogen and oxygen atoms in total. The van der Waals surface area contributed by atoms with Crippen molar-refractivity contribution in [2.24, 2.45) is 17.3 Å². The predicted molar refractivity (Wildman–Crippen MR) is 94.8 cm³/mol. The summed E-state index contributed by atoms with van der Waals surface area (Å²) < 4.78 is 5.57. The molecule has 0 heterocycles. The van der Waals surface area contributed by atoms with Crippen LogP contribution in [0.2, 0.25) is 0 Å². The minimum Gasteiger partial charge on any atom is -0.480 e. The van der Waals surface area contributed by atoms with Crippen LogP contribution in [0.25, 0.3) is 0 Å². The molecule has 0 spiro atoms. The summed E-state index contributed by atoms with van der Waals surface area (Å²) in [6, 6.07) is -0.881. The van der Waals surface area contributed by atoms with E-state index >= 15 is 0 Å². The second-order valence-corrected chi connectivity index (χ2v) is 9.19. The lowest BCUT2D eigenvalue weighted by atomic mass is 9.67. The summed E-state index contributed by atoms with van der Waals surface area (Å²) in [6.45, 7) is 12.8. The van der Waals surface area contributed by atoms with Crippen LogP contribution in [0.1, 0.15) is 73.6 Å². The van der Waals surface area contributed by atoms with Crippen molar-refractivity contribution in [3.8, 4) is 0 Å². The Labute approximate surface area is 146 Å². The molecule has 0 aliphatic heterocycles. The lowest BCUT2D eigenvalue weighted by molar-refractivity contribution is -0.143. The van der Waals surface area contributed by atoms with Crippen molar-refractivity contribution < 1.29 is 19.4 Å². The van der Waals surface area contributed by atoms with Gasteiger partial charge in [0, 0.05) is 19.4 Å². The maximum absolute atomic E-state index is 12.3. The minimum atomic E-state index is -1.00. The molecule has 2 N–H and O–H groups in total. The van der Waals surface area contributed by atoms with E-state index in [4.69, 9.17) is 4.74 Å². The maximum Gasteiger partial charge on any atom is 0.326 e. The molecule has 1 amide bonds. The number of nitrogens with one attached hydrogen (secondary N) is 1. The molecule has 0 saturated heterocycles. The normalized spacial score (nSPS) is 25.1. The Bertz CT molecular complexity index is 439. The Morgan fingerprint density at radius 2 is 1.92 bits per heavy atom. The largest absolute Gasteiger partial charge is 0.480 e. The van der Waals surface area contributed by atoms with Gasteiger partial charge < -0.3 is 15.2 Å². The number of aliphatic carboxylic acids is 1. The van der Waals surface area contributed by atoms with Gasteiger partial charge in [-0.1, -0.05) is 20.8 Å². The van der Waals surface area contributed by atoms with E-state index in [1.54, 1.807) is 0 Å². The van der Waals surface area contributed by atoms with Crippen molar-refractivity contribution in [3.05, 3.63) is 0 Å². The number of rotatable bonds is 7. The maximum atomic E-state index is 12.3. The minimum absolute atomic E-state index is 0.159. The fraction of sp³-hybridized carbons (Fsp3) is 0.895. The van der Waals surface area contributed by atoms with Gasteiger partial charge in [-0.3, -0.25) is 4.79 Å². The highest BCUT2D eigenvalue weighted by Gasteiger charge is 2.33. The Hall–Kier alpha value is -1.10. The van der Waals surface area contributed by atoms with E-state index in [1.165, 1.54) is 6.42 Å². The monoisotopic (exact) mass is 341 g/mol. The standard InChI is InChI=1S/C19H35NO4/c1-13-9-14(12-19(5,6)11-13)10-16(21)20-15(17(22)23)7-8-24-18(2,3)4/h13-15H,7-12H2,1-6H3,(H,20,21)(H,22,23). The quantitative estimate of drug-likeness (QED) is 0.741. The van der Waals surface area contributed by atoms with E-state index in [1.807, 2.05) is 20.8 Å². The Morgan fingerprint density at radius 1 is 1.29 bits per heavy atom. The second-order valence-electron chi connectivity index (χ2n) is 9.19. The van der Waals surface area contributed by atoms with Gasteiger partial charge in [0.05, 0.1) is 5.60 Å². The molecule has 3 unspecified atom stereocenters. The highest BCUT2D eigenvalue weighted by molar-refractivity contribution is 5.83. The summed E-state index contributed by atoms with van der Waals surface area (Å²) in [7, 11) is 0. The molecule has 3 atom stereocenters. The Balaban J connectivity index is 2.49. The third-order valence-electron chi connectivity index (χ3n) is 4.53. The zero-order chi connectivity index (χ0) is 18.5. The van der Waals surface area contributed by atoms with Crippen molar-refractivity contribution >= 4 is 11.9 Å². The molecule has 1 aliphatic rings. The van der Waals surface area contributed by atoms with E-state index in [9.17, 15) is 14.7 Å². The van der Waals surface area contributed by atoms with Gasteiger partial charge in [0.25, 0.3) is 0 Å². The first kappa shape index (κ1) is 20.9. The van der Waals surface area contributed by atoms with Crippen LogP contribution in [-0.4, -0.2) is 35.2 Å². The molecule has 1 fully saturated rings. The summed E-state index contributed by atoms with van der Waals surface area (Å²) in [5.74, 6) is -0.211. The molecule has 0 aromatic carbocycles. The average molecular weight is 341 g/mol. The predicted octanol–water partition coefficient (Wildman–Crippen LogP) is 3.61. The summed E-state index contributed by atoms with van der Waals surface area (Å²) in [5.41, 5.74) is -0.0494. The highest BCUT2D eigenvalue weighted by atomic mass is 16.5. The van der Waals surface area contributed by atoms with E-state index < -0.39 is 12.0 Å². The highest BCUT2D eigenvalue weighted by Crippen LogP contribution is 2.42. The molecule has 140 valence electrons. The van der Waals surface area contributed by atoms with Crippen LogP contribution in [0.3, 0.4) is 0 Å². The van der Waals surface area contributed by atoms with Crippen LogP contribution in [0, 0.1) is 17.3 Å². The van der Waals surface area contributed by atoms with Gasteiger partial charge in [-0.25, -0.2) is 4.79 Å². The molecular formula is C19H35NO4. The first-order valence-electron chi connectivity index (χ1n) is 9.04. The first-order chi connectivity index (χ1) is 10.9. The van der Waals surface area contributed by atoms with Crippen LogP contribution < -0.4 is 5.32 Å². The van der Waals surface area contributed by atoms with E-state index in [0.29, 0.717) is 24.9 Å². The molecule has 1 aliphatic carbocycles. The Morgan fingerprint density at radius 3 is 2.42 bits per heavy atom. The number of hydrogen-bond acceptors (Lipinski definition) is 3. The zero-order valence-corrected chi connectivity index (χ0v) is 16.1. The van der Waals surface area contributed by atoms with Crippen molar-refractivity contribution in [2.75, 3.05) is 6.61 Å². The van der Waals surface area contributed by atoms with Crippen molar-refractivity contribution in [1.29, 1.82) is 0 Å². The van der Waals surface area contributed by atoms with Gasteiger partial charge in [0.1, 0.15) is 6.04 Å². The SMILES string of the molecule is CC1CC(CC(=O)NC(CCOC(C)(C)C)C(=O)O)CC(C)(C)C1. The second kappa shape index (κ2) is 8.32. The number of carboxylic acid groups (broad SMARTS) is 1. The van der Waals surface area contributed by atoms with Crippen LogP contribution in [0.15, 0.2) is 0 Å². The van der Waals surface area contributed by atoms with Gasteiger partial charge in [0.2, 0.25) is 5.91 Å². The number of amides is 1.